The van der Waals surface area contributed by atoms with Gasteiger partial charge in [-0.3, -0.25) is 9.48 Å². The zero-order valence-corrected chi connectivity index (χ0v) is 14.5. The monoisotopic (exact) mass is 362 g/mol. The Labute approximate surface area is 155 Å². The quantitative estimate of drug-likeness (QED) is 0.665. The van der Waals surface area contributed by atoms with E-state index in [9.17, 15) is 4.79 Å². The fraction of sp³-hybridized carbons (Fsp3) is 0.263. The van der Waals surface area contributed by atoms with Crippen LogP contribution in [0.4, 0.5) is 11.5 Å². The second kappa shape index (κ2) is 6.96. The third-order valence-electron chi connectivity index (χ3n) is 4.67. The van der Waals surface area contributed by atoms with Crippen LogP contribution in [0.5, 0.6) is 0 Å². The molecule has 1 aliphatic carbocycles. The maximum atomic E-state index is 11.8. The number of benzene rings is 1. The number of carbonyl (C=O) groups is 1. The molecule has 0 aliphatic heterocycles. The first kappa shape index (κ1) is 16.8. The van der Waals surface area contributed by atoms with Crippen molar-refractivity contribution in [1.82, 2.24) is 14.8 Å². The van der Waals surface area contributed by atoms with E-state index in [1.54, 1.807) is 17.1 Å². The number of nitrogens with zero attached hydrogens (tertiary/aromatic N) is 4. The Bertz CT molecular complexity index is 980. The topological polar surface area (TPSA) is 123 Å². The van der Waals surface area contributed by atoms with Gasteiger partial charge in [0.05, 0.1) is 24.7 Å². The molecule has 1 saturated carbocycles. The predicted octanol–water partition coefficient (Wildman–Crippen LogP) is 3.25. The summed E-state index contributed by atoms with van der Waals surface area (Å²) in [5.74, 6) is 0.929. The average Bonchev–Trinajstić information content (AvgIpc) is 3.18. The van der Waals surface area contributed by atoms with Crippen molar-refractivity contribution in [3.63, 3.8) is 0 Å². The van der Waals surface area contributed by atoms with Crippen molar-refractivity contribution in [2.24, 2.45) is 11.7 Å². The van der Waals surface area contributed by atoms with E-state index in [0.29, 0.717) is 29.5 Å². The van der Waals surface area contributed by atoms with Crippen molar-refractivity contribution in [3.05, 3.63) is 48.6 Å². The molecule has 2 heterocycles. The van der Waals surface area contributed by atoms with Gasteiger partial charge in [-0.1, -0.05) is 0 Å². The number of hydrogen-bond donors (Lipinski definition) is 2. The Morgan fingerprint density at radius 3 is 2.78 bits per heavy atom. The molecule has 8 nitrogen and oxygen atoms in total. The number of nitriles is 1. The number of aromatic nitrogens is 3. The van der Waals surface area contributed by atoms with Crippen molar-refractivity contribution in [2.75, 3.05) is 5.32 Å². The van der Waals surface area contributed by atoms with Gasteiger partial charge in [-0.15, -0.1) is 0 Å². The lowest BCUT2D eigenvalue weighted by Gasteiger charge is -2.12. The van der Waals surface area contributed by atoms with Crippen molar-refractivity contribution in [2.45, 2.75) is 25.3 Å². The van der Waals surface area contributed by atoms with Crippen LogP contribution in [0.1, 0.15) is 35.7 Å². The Balaban J connectivity index is 1.59. The second-order valence-corrected chi connectivity index (χ2v) is 6.57. The molecule has 3 N–H and O–H groups in total. The maximum Gasteiger partial charge on any atom is 0.254 e. The lowest BCUT2D eigenvalue weighted by Crippen LogP contribution is -2.12. The van der Waals surface area contributed by atoms with E-state index >= 15 is 0 Å². The van der Waals surface area contributed by atoms with Gasteiger partial charge in [-0.2, -0.15) is 10.4 Å². The van der Waals surface area contributed by atoms with E-state index in [1.165, 1.54) is 6.39 Å². The van der Waals surface area contributed by atoms with Crippen molar-refractivity contribution < 1.29 is 9.21 Å². The van der Waals surface area contributed by atoms with E-state index in [0.717, 1.165) is 24.1 Å². The molecule has 0 radical (unpaired) electrons. The van der Waals surface area contributed by atoms with Crippen molar-refractivity contribution >= 4 is 17.4 Å². The van der Waals surface area contributed by atoms with Gasteiger partial charge in [0.2, 0.25) is 0 Å². The van der Waals surface area contributed by atoms with Crippen LogP contribution in [0.25, 0.3) is 11.3 Å². The van der Waals surface area contributed by atoms with Gasteiger partial charge >= 0.3 is 0 Å². The highest BCUT2D eigenvalue weighted by molar-refractivity contribution is 5.98. The van der Waals surface area contributed by atoms with Crippen LogP contribution in [0.15, 0.2) is 47.5 Å². The predicted molar refractivity (Wildman–Crippen MR) is 98.0 cm³/mol. The third-order valence-corrected chi connectivity index (χ3v) is 4.67. The molecule has 1 aromatic carbocycles. The first-order valence-corrected chi connectivity index (χ1v) is 8.67. The van der Waals surface area contributed by atoms with E-state index in [1.807, 2.05) is 24.3 Å². The molecule has 1 atom stereocenters. The minimum atomic E-state index is -0.562. The lowest BCUT2D eigenvalue weighted by atomic mass is 10.1. The van der Waals surface area contributed by atoms with Gasteiger partial charge in [0, 0.05) is 17.4 Å². The molecular formula is C19H18N6O2. The molecule has 4 rings (SSSR count). The van der Waals surface area contributed by atoms with Crippen LogP contribution in [0.3, 0.4) is 0 Å². The minimum absolute atomic E-state index is 0.0301. The molecule has 1 unspecified atom stereocenters. The van der Waals surface area contributed by atoms with Crippen molar-refractivity contribution in [1.29, 1.82) is 5.26 Å². The van der Waals surface area contributed by atoms with Gasteiger partial charge in [0.25, 0.3) is 5.91 Å². The Morgan fingerprint density at radius 2 is 2.19 bits per heavy atom. The summed E-state index contributed by atoms with van der Waals surface area (Å²) in [6.45, 7) is 0. The largest absolute Gasteiger partial charge is 0.444 e. The highest BCUT2D eigenvalue weighted by atomic mass is 16.3. The highest BCUT2D eigenvalue weighted by Crippen LogP contribution is 2.41. The number of oxazole rings is 1. The van der Waals surface area contributed by atoms with Crippen LogP contribution in [-0.4, -0.2) is 20.7 Å². The molecule has 3 aromatic rings. The summed E-state index contributed by atoms with van der Waals surface area (Å²) in [4.78, 5) is 15.7. The van der Waals surface area contributed by atoms with Crippen LogP contribution >= 0.6 is 0 Å². The SMILES string of the molecule is N#CCC(C1CC1)n1cc(C(N)=O)c(Nc2ccc(-c3cnco3)cc2)n1. The maximum absolute atomic E-state index is 11.8. The zero-order valence-electron chi connectivity index (χ0n) is 14.5. The summed E-state index contributed by atoms with van der Waals surface area (Å²) < 4.78 is 6.98. The molecule has 1 fully saturated rings. The fourth-order valence-corrected chi connectivity index (χ4v) is 3.10. The number of nitrogens with one attached hydrogen (secondary N) is 1. The molecule has 0 bridgehead atoms. The summed E-state index contributed by atoms with van der Waals surface area (Å²) in [5, 5.41) is 16.7. The van der Waals surface area contributed by atoms with Gasteiger partial charge in [0.1, 0.15) is 5.56 Å². The van der Waals surface area contributed by atoms with E-state index in [-0.39, 0.29) is 6.04 Å². The number of nitrogens with two attached hydrogens (primary N) is 1. The number of hydrogen-bond acceptors (Lipinski definition) is 6. The van der Waals surface area contributed by atoms with Gasteiger partial charge < -0.3 is 15.5 Å². The van der Waals surface area contributed by atoms with Gasteiger partial charge in [0.15, 0.2) is 18.0 Å². The summed E-state index contributed by atoms with van der Waals surface area (Å²) >= 11 is 0. The van der Waals surface area contributed by atoms with Gasteiger partial charge in [-0.05, 0) is 43.0 Å². The first-order valence-electron chi connectivity index (χ1n) is 8.67. The molecule has 0 saturated heterocycles. The van der Waals surface area contributed by atoms with Crippen LogP contribution in [-0.2, 0) is 0 Å². The summed E-state index contributed by atoms with van der Waals surface area (Å²) in [6, 6.07) is 9.65. The van der Waals surface area contributed by atoms with Gasteiger partial charge in [-0.25, -0.2) is 4.98 Å². The normalized spacial score (nSPS) is 14.5. The van der Waals surface area contributed by atoms with Crippen LogP contribution in [0, 0.1) is 17.2 Å². The number of rotatable bonds is 7. The second-order valence-electron chi connectivity index (χ2n) is 6.57. The molecule has 27 heavy (non-hydrogen) atoms. The molecule has 2 aromatic heterocycles. The molecule has 0 spiro atoms. The Kier molecular flexibility index (Phi) is 4.34. The van der Waals surface area contributed by atoms with E-state index < -0.39 is 5.91 Å². The lowest BCUT2D eigenvalue weighted by molar-refractivity contribution is 0.100. The number of carbonyl (C=O) groups excluding carboxylic acids is 1. The van der Waals surface area contributed by atoms with E-state index in [2.05, 4.69) is 21.5 Å². The molecule has 1 aliphatic rings. The number of anilines is 2. The first-order chi connectivity index (χ1) is 13.2. The van der Waals surface area contributed by atoms with Crippen LogP contribution in [0.2, 0.25) is 0 Å². The Morgan fingerprint density at radius 1 is 1.41 bits per heavy atom. The van der Waals surface area contributed by atoms with Crippen LogP contribution < -0.4 is 11.1 Å². The average molecular weight is 362 g/mol. The summed E-state index contributed by atoms with van der Waals surface area (Å²) in [6.07, 6.45) is 7.16. The molecule has 136 valence electrons. The zero-order chi connectivity index (χ0) is 18.8. The number of amides is 1. The summed E-state index contributed by atoms with van der Waals surface area (Å²) in [5.41, 5.74) is 7.47. The standard InChI is InChI=1S/C19H18N6O2/c20-8-7-16(12-1-2-12)25-10-15(18(21)26)19(24-25)23-14-5-3-13(4-6-14)17-9-22-11-27-17/h3-6,9-12,16H,1-2,7H2,(H2,21,26)(H,23,24). The number of primary amides is 1. The van der Waals surface area contributed by atoms with Crippen molar-refractivity contribution in [3.8, 4) is 17.4 Å². The third kappa shape index (κ3) is 3.53. The Hall–Kier alpha value is -3.60. The fourth-order valence-electron chi connectivity index (χ4n) is 3.10. The highest BCUT2D eigenvalue weighted by Gasteiger charge is 2.33. The smallest absolute Gasteiger partial charge is 0.254 e. The van der Waals surface area contributed by atoms with E-state index in [4.69, 9.17) is 15.4 Å². The minimum Gasteiger partial charge on any atom is -0.444 e. The molecule has 1 amide bonds. The molecular weight excluding hydrogens is 344 g/mol. The summed E-state index contributed by atoms with van der Waals surface area (Å²) in [7, 11) is 0. The molecule has 8 heteroatoms.